The van der Waals surface area contributed by atoms with E-state index >= 15 is 0 Å². The highest BCUT2D eigenvalue weighted by atomic mass is 79.9. The lowest BCUT2D eigenvalue weighted by molar-refractivity contribution is 0.430. The van der Waals surface area contributed by atoms with Gasteiger partial charge in [0.2, 0.25) is 0 Å². The van der Waals surface area contributed by atoms with Gasteiger partial charge in [0.1, 0.15) is 15.6 Å². The van der Waals surface area contributed by atoms with Crippen LogP contribution >= 0.6 is 27.5 Å². The fourth-order valence-corrected chi connectivity index (χ4v) is 3.43. The molecule has 0 spiro atoms. The van der Waals surface area contributed by atoms with Gasteiger partial charge in [0, 0.05) is 4.47 Å². The van der Waals surface area contributed by atoms with E-state index in [1.807, 2.05) is 0 Å². The highest BCUT2D eigenvalue weighted by Gasteiger charge is 2.21. The van der Waals surface area contributed by atoms with E-state index in [9.17, 15) is 8.42 Å². The van der Waals surface area contributed by atoms with Crippen molar-refractivity contribution < 1.29 is 12.9 Å². The second-order valence-corrected chi connectivity index (χ2v) is 6.33. The summed E-state index contributed by atoms with van der Waals surface area (Å²) in [7, 11) is -3.77. The zero-order valence-corrected chi connectivity index (χ0v) is 12.3. The van der Waals surface area contributed by atoms with E-state index in [0.29, 0.717) is 10.2 Å². The number of anilines is 1. The summed E-state index contributed by atoms with van der Waals surface area (Å²) in [6.45, 7) is 1.61. The normalized spacial score (nSPS) is 11.5. The lowest BCUT2D eigenvalue weighted by Gasteiger charge is -2.06. The van der Waals surface area contributed by atoms with Crippen LogP contribution in [0.1, 0.15) is 5.69 Å². The number of hydrogen-bond acceptors (Lipinski definition) is 4. The van der Waals surface area contributed by atoms with Crippen LogP contribution < -0.4 is 4.72 Å². The van der Waals surface area contributed by atoms with Gasteiger partial charge in [-0.05, 0) is 35.0 Å². The minimum Gasteiger partial charge on any atom is -0.336 e. The number of nitrogens with zero attached hydrogens (tertiary/aromatic N) is 1. The van der Waals surface area contributed by atoms with Crippen molar-refractivity contribution in [1.82, 2.24) is 5.16 Å². The van der Waals surface area contributed by atoms with E-state index in [1.165, 1.54) is 6.07 Å². The van der Waals surface area contributed by atoms with Crippen molar-refractivity contribution in [2.24, 2.45) is 0 Å². The first-order valence-electron chi connectivity index (χ1n) is 4.81. The third kappa shape index (κ3) is 2.52. The number of benzene rings is 1. The number of hydrogen-bond donors (Lipinski definition) is 1. The number of rotatable bonds is 3. The van der Waals surface area contributed by atoms with Gasteiger partial charge < -0.3 is 4.52 Å². The molecular weight excluding hydrogens is 344 g/mol. The van der Waals surface area contributed by atoms with Crippen molar-refractivity contribution >= 4 is 43.4 Å². The second-order valence-electron chi connectivity index (χ2n) is 3.45. The molecule has 0 atom stereocenters. The van der Waals surface area contributed by atoms with Gasteiger partial charge in [0.25, 0.3) is 15.9 Å². The molecule has 1 aromatic heterocycles. The van der Waals surface area contributed by atoms with E-state index < -0.39 is 10.0 Å². The fraction of sp³-hybridized carbons (Fsp3) is 0.100. The van der Waals surface area contributed by atoms with Gasteiger partial charge in [-0.15, -0.1) is 0 Å². The van der Waals surface area contributed by atoms with Gasteiger partial charge in [-0.1, -0.05) is 28.9 Å². The van der Waals surface area contributed by atoms with Crippen LogP contribution in [0.4, 0.5) is 5.88 Å². The van der Waals surface area contributed by atoms with E-state index in [-0.39, 0.29) is 15.8 Å². The molecule has 0 unspecified atom stereocenters. The van der Waals surface area contributed by atoms with Gasteiger partial charge in [-0.25, -0.2) is 13.1 Å². The molecule has 0 saturated carbocycles. The molecule has 18 heavy (non-hydrogen) atoms. The molecule has 0 amide bonds. The molecule has 1 heterocycles. The number of nitrogens with one attached hydrogen (secondary N) is 1. The zero-order valence-electron chi connectivity index (χ0n) is 9.15. The first-order valence-corrected chi connectivity index (χ1v) is 7.46. The second kappa shape index (κ2) is 4.91. The van der Waals surface area contributed by atoms with E-state index in [1.54, 1.807) is 25.1 Å². The molecule has 0 bridgehead atoms. The summed E-state index contributed by atoms with van der Waals surface area (Å²) in [6, 6.07) is 6.42. The molecule has 96 valence electrons. The van der Waals surface area contributed by atoms with Crippen molar-refractivity contribution in [2.45, 2.75) is 11.8 Å². The summed E-state index contributed by atoms with van der Waals surface area (Å²) in [5.41, 5.74) is 0.418. The molecule has 0 fully saturated rings. The van der Waals surface area contributed by atoms with Gasteiger partial charge in [-0.2, -0.15) is 0 Å². The van der Waals surface area contributed by atoms with Crippen molar-refractivity contribution in [2.75, 3.05) is 4.72 Å². The van der Waals surface area contributed by atoms with Crippen LogP contribution in [0.15, 0.2) is 38.2 Å². The molecule has 1 N–H and O–H groups in total. The predicted octanol–water partition coefficient (Wildman–Crippen LogP) is 3.20. The van der Waals surface area contributed by atoms with E-state index in [2.05, 4.69) is 25.8 Å². The maximum Gasteiger partial charge on any atom is 0.265 e. The Morgan fingerprint density at radius 2 is 2.06 bits per heavy atom. The predicted molar refractivity (Wildman–Crippen MR) is 71.2 cm³/mol. The summed E-state index contributed by atoms with van der Waals surface area (Å²) in [6.07, 6.45) is 0. The average Bonchev–Trinajstić information content (AvgIpc) is 2.61. The number of aromatic nitrogens is 1. The molecule has 0 aliphatic heterocycles. The zero-order chi connectivity index (χ0) is 13.3. The van der Waals surface area contributed by atoms with Gasteiger partial charge in [0.15, 0.2) is 0 Å². The minimum atomic E-state index is -3.77. The Bertz CT molecular complexity index is 684. The number of aryl methyl sites for hydroxylation is 1. The molecule has 8 heteroatoms. The van der Waals surface area contributed by atoms with Gasteiger partial charge in [-0.3, -0.25) is 0 Å². The summed E-state index contributed by atoms with van der Waals surface area (Å²) in [4.78, 5) is 0.0927. The first kappa shape index (κ1) is 13.4. The third-order valence-electron chi connectivity index (χ3n) is 2.14. The Hall–Kier alpha value is -1.05. The fourth-order valence-electron chi connectivity index (χ4n) is 1.26. The van der Waals surface area contributed by atoms with Crippen LogP contribution in [0.2, 0.25) is 5.02 Å². The van der Waals surface area contributed by atoms with Crippen molar-refractivity contribution in [3.8, 4) is 0 Å². The Morgan fingerprint density at radius 3 is 2.61 bits per heavy atom. The minimum absolute atomic E-state index is 0.0927. The summed E-state index contributed by atoms with van der Waals surface area (Å²) in [5, 5.41) is 3.71. The molecular formula is C10H8BrClN2O3S. The summed E-state index contributed by atoms with van der Waals surface area (Å²) >= 11 is 9.02. The molecule has 2 aromatic rings. The molecule has 0 radical (unpaired) electrons. The lowest BCUT2D eigenvalue weighted by atomic mass is 10.4. The third-order valence-corrected chi connectivity index (χ3v) is 4.93. The van der Waals surface area contributed by atoms with E-state index in [0.717, 1.165) is 0 Å². The van der Waals surface area contributed by atoms with Crippen LogP contribution in [0.25, 0.3) is 0 Å². The quantitative estimate of drug-likeness (QED) is 0.921. The van der Waals surface area contributed by atoms with E-state index in [4.69, 9.17) is 16.1 Å². The van der Waals surface area contributed by atoms with Crippen molar-refractivity contribution in [3.05, 3.63) is 39.5 Å². The van der Waals surface area contributed by atoms with Crippen LogP contribution in [0.5, 0.6) is 0 Å². The molecule has 2 rings (SSSR count). The topological polar surface area (TPSA) is 72.2 Å². The Morgan fingerprint density at radius 1 is 1.39 bits per heavy atom. The van der Waals surface area contributed by atoms with Crippen LogP contribution in [0, 0.1) is 6.92 Å². The highest BCUT2D eigenvalue weighted by Crippen LogP contribution is 2.29. The number of sulfonamides is 1. The first-order chi connectivity index (χ1) is 8.42. The SMILES string of the molecule is Cc1noc(NS(=O)(=O)c2ccccc2Br)c1Cl. The molecule has 0 aliphatic carbocycles. The van der Waals surface area contributed by atoms with Gasteiger partial charge >= 0.3 is 0 Å². The lowest BCUT2D eigenvalue weighted by Crippen LogP contribution is -2.13. The summed E-state index contributed by atoms with van der Waals surface area (Å²) in [5.74, 6) is -0.0927. The monoisotopic (exact) mass is 350 g/mol. The smallest absolute Gasteiger partial charge is 0.265 e. The largest absolute Gasteiger partial charge is 0.336 e. The maximum absolute atomic E-state index is 12.1. The standard InChI is InChI=1S/C10H8BrClN2O3S/c1-6-9(12)10(17-13-6)14-18(15,16)8-5-3-2-4-7(8)11/h2-5,14H,1H3. The van der Waals surface area contributed by atoms with Gasteiger partial charge in [0.05, 0.1) is 0 Å². The average molecular weight is 352 g/mol. The Labute approximate surface area is 117 Å². The maximum atomic E-state index is 12.1. The highest BCUT2D eigenvalue weighted by molar-refractivity contribution is 9.10. The molecule has 0 aliphatic rings. The van der Waals surface area contributed by atoms with Crippen molar-refractivity contribution in [3.63, 3.8) is 0 Å². The molecule has 5 nitrogen and oxygen atoms in total. The molecule has 1 aromatic carbocycles. The van der Waals surface area contributed by atoms with Crippen molar-refractivity contribution in [1.29, 1.82) is 0 Å². The van der Waals surface area contributed by atoms with Crippen LogP contribution in [0.3, 0.4) is 0 Å². The molecule has 0 saturated heterocycles. The number of halogens is 2. The Balaban J connectivity index is 2.40. The Kier molecular flexibility index (Phi) is 3.65. The summed E-state index contributed by atoms with van der Waals surface area (Å²) < 4.78 is 31.7. The van der Waals surface area contributed by atoms with Crippen LogP contribution in [-0.4, -0.2) is 13.6 Å². The van der Waals surface area contributed by atoms with Crippen LogP contribution in [-0.2, 0) is 10.0 Å².